The summed E-state index contributed by atoms with van der Waals surface area (Å²) in [6.07, 6.45) is 0. The van der Waals surface area contributed by atoms with Gasteiger partial charge in [-0.25, -0.2) is 9.97 Å². The van der Waals surface area contributed by atoms with Crippen molar-refractivity contribution in [2.24, 2.45) is 0 Å². The second-order valence-corrected chi connectivity index (χ2v) is 6.71. The van der Waals surface area contributed by atoms with Crippen molar-refractivity contribution in [2.75, 3.05) is 5.75 Å². The van der Waals surface area contributed by atoms with Gasteiger partial charge in [0.1, 0.15) is 10.3 Å². The average molecular weight is 327 g/mol. The van der Waals surface area contributed by atoms with E-state index in [-0.39, 0.29) is 5.92 Å². The van der Waals surface area contributed by atoms with Gasteiger partial charge in [-0.1, -0.05) is 56.1 Å². The number of thioether (sulfide) groups is 1. The fraction of sp³-hybridized carbons (Fsp3) is 0.333. The summed E-state index contributed by atoms with van der Waals surface area (Å²) in [5, 5.41) is 0.865. The number of nitrogens with zero attached hydrogens (tertiary/aromatic N) is 2. The molecular formula is C15H16Cl2N2S. The van der Waals surface area contributed by atoms with Gasteiger partial charge in [0.2, 0.25) is 0 Å². The van der Waals surface area contributed by atoms with Crippen LogP contribution in [-0.2, 0) is 0 Å². The van der Waals surface area contributed by atoms with E-state index in [0.717, 1.165) is 16.9 Å². The van der Waals surface area contributed by atoms with Crippen LogP contribution in [0.1, 0.15) is 32.3 Å². The lowest BCUT2D eigenvalue weighted by atomic mass is 10.1. The molecule has 5 heteroatoms. The van der Waals surface area contributed by atoms with Gasteiger partial charge in [0.25, 0.3) is 0 Å². The van der Waals surface area contributed by atoms with E-state index in [1.807, 2.05) is 26.0 Å². The molecule has 0 radical (unpaired) electrons. The summed E-state index contributed by atoms with van der Waals surface area (Å²) in [5.41, 5.74) is 1.72. The molecule has 0 unspecified atom stereocenters. The maximum Gasteiger partial charge on any atom is 0.162 e. The summed E-state index contributed by atoms with van der Waals surface area (Å²) < 4.78 is 0. The molecule has 0 fully saturated rings. The molecule has 0 aliphatic heterocycles. The molecule has 0 aliphatic rings. The molecule has 1 heterocycles. The van der Waals surface area contributed by atoms with Gasteiger partial charge in [-0.05, 0) is 23.8 Å². The molecule has 0 N–H and O–H groups in total. The number of rotatable bonds is 4. The number of halogens is 2. The van der Waals surface area contributed by atoms with Gasteiger partial charge in [0.05, 0.1) is 0 Å². The Morgan fingerprint density at radius 2 is 1.60 bits per heavy atom. The van der Waals surface area contributed by atoms with E-state index in [0.29, 0.717) is 16.1 Å². The highest BCUT2D eigenvalue weighted by atomic mass is 35.5. The van der Waals surface area contributed by atoms with Crippen LogP contribution in [0.15, 0.2) is 29.2 Å². The lowest BCUT2D eigenvalue weighted by Crippen LogP contribution is -1.99. The van der Waals surface area contributed by atoms with E-state index in [4.69, 9.17) is 23.2 Å². The van der Waals surface area contributed by atoms with Crippen molar-refractivity contribution < 1.29 is 0 Å². The van der Waals surface area contributed by atoms with E-state index < -0.39 is 0 Å². The third-order valence-electron chi connectivity index (χ3n) is 2.85. The van der Waals surface area contributed by atoms with Crippen LogP contribution in [0.5, 0.6) is 0 Å². The highest BCUT2D eigenvalue weighted by molar-refractivity contribution is 7.99. The van der Waals surface area contributed by atoms with Crippen molar-refractivity contribution in [3.05, 3.63) is 40.1 Å². The van der Waals surface area contributed by atoms with E-state index in [2.05, 4.69) is 29.0 Å². The molecule has 1 aromatic carbocycles. The van der Waals surface area contributed by atoms with Crippen LogP contribution in [-0.4, -0.2) is 15.7 Å². The lowest BCUT2D eigenvalue weighted by molar-refractivity contribution is 0.848. The van der Waals surface area contributed by atoms with Crippen molar-refractivity contribution in [2.45, 2.75) is 31.6 Å². The zero-order chi connectivity index (χ0) is 14.7. The average Bonchev–Trinajstić information content (AvgIpc) is 2.38. The van der Waals surface area contributed by atoms with Crippen molar-refractivity contribution in [3.8, 4) is 11.4 Å². The fourth-order valence-electron chi connectivity index (χ4n) is 1.89. The Bertz CT molecular complexity index is 574. The molecule has 0 aliphatic carbocycles. The highest BCUT2D eigenvalue weighted by Crippen LogP contribution is 2.31. The molecule has 2 rings (SSSR count). The summed E-state index contributed by atoms with van der Waals surface area (Å²) in [6.45, 7) is 6.17. The first kappa shape index (κ1) is 15.6. The van der Waals surface area contributed by atoms with Crippen LogP contribution in [0.3, 0.4) is 0 Å². The fourth-order valence-corrected chi connectivity index (χ4v) is 3.37. The Kier molecular flexibility index (Phi) is 5.30. The van der Waals surface area contributed by atoms with Crippen LogP contribution in [0, 0.1) is 0 Å². The predicted molar refractivity (Wildman–Crippen MR) is 88.0 cm³/mol. The minimum absolute atomic E-state index is 0.201. The van der Waals surface area contributed by atoms with Crippen molar-refractivity contribution in [1.29, 1.82) is 0 Å². The van der Waals surface area contributed by atoms with Gasteiger partial charge in [0.15, 0.2) is 5.82 Å². The van der Waals surface area contributed by atoms with Gasteiger partial charge in [0, 0.05) is 16.0 Å². The van der Waals surface area contributed by atoms with E-state index in [1.165, 1.54) is 4.90 Å². The van der Waals surface area contributed by atoms with Crippen LogP contribution in [0.25, 0.3) is 11.4 Å². The normalized spacial score (nSPS) is 11.1. The quantitative estimate of drug-likeness (QED) is 0.533. The molecule has 1 aromatic heterocycles. The van der Waals surface area contributed by atoms with Gasteiger partial charge >= 0.3 is 0 Å². The summed E-state index contributed by atoms with van der Waals surface area (Å²) in [5.74, 6) is 1.82. The molecule has 0 bridgehead atoms. The highest BCUT2D eigenvalue weighted by Gasteiger charge is 2.15. The first-order chi connectivity index (χ1) is 9.52. The van der Waals surface area contributed by atoms with Crippen LogP contribution in [0.4, 0.5) is 0 Å². The monoisotopic (exact) mass is 326 g/mol. The first-order valence-electron chi connectivity index (χ1n) is 6.49. The van der Waals surface area contributed by atoms with Crippen molar-refractivity contribution >= 4 is 35.0 Å². The van der Waals surface area contributed by atoms with Crippen molar-refractivity contribution in [3.63, 3.8) is 0 Å². The smallest absolute Gasteiger partial charge is 0.162 e. The third-order valence-corrected chi connectivity index (χ3v) is 4.32. The van der Waals surface area contributed by atoms with Gasteiger partial charge in [-0.2, -0.15) is 0 Å². The third kappa shape index (κ3) is 3.46. The largest absolute Gasteiger partial charge is 0.216 e. The van der Waals surface area contributed by atoms with Gasteiger partial charge in [-0.15, -0.1) is 11.8 Å². The summed E-state index contributed by atoms with van der Waals surface area (Å²) in [7, 11) is 0. The summed E-state index contributed by atoms with van der Waals surface area (Å²) in [4.78, 5) is 9.96. The van der Waals surface area contributed by atoms with Crippen LogP contribution in [0.2, 0.25) is 10.3 Å². The first-order valence-corrected chi connectivity index (χ1v) is 8.23. The minimum atomic E-state index is 0.201. The van der Waals surface area contributed by atoms with Gasteiger partial charge in [-0.3, -0.25) is 0 Å². The minimum Gasteiger partial charge on any atom is -0.216 e. The number of hydrogen-bond donors (Lipinski definition) is 0. The molecule has 20 heavy (non-hydrogen) atoms. The molecule has 0 spiro atoms. The maximum absolute atomic E-state index is 6.22. The van der Waals surface area contributed by atoms with E-state index >= 15 is 0 Å². The second-order valence-electron chi connectivity index (χ2n) is 4.65. The summed E-state index contributed by atoms with van der Waals surface area (Å²) in [6, 6.07) is 8.11. The standard InChI is InChI=1S/C15H16Cl2N2S/c1-4-20-11-7-5-10(6-8-11)15-18-13(16)12(9(2)3)14(17)19-15/h5-9H,4H2,1-3H3. The number of benzene rings is 1. The molecule has 0 saturated carbocycles. The van der Waals surface area contributed by atoms with Crippen LogP contribution < -0.4 is 0 Å². The lowest BCUT2D eigenvalue weighted by Gasteiger charge is -2.11. The topological polar surface area (TPSA) is 25.8 Å². The zero-order valence-electron chi connectivity index (χ0n) is 11.7. The second kappa shape index (κ2) is 6.79. The Morgan fingerprint density at radius 3 is 2.05 bits per heavy atom. The molecule has 0 amide bonds. The Morgan fingerprint density at radius 1 is 1.05 bits per heavy atom. The molecule has 0 atom stereocenters. The number of hydrogen-bond acceptors (Lipinski definition) is 3. The molecule has 106 valence electrons. The van der Waals surface area contributed by atoms with E-state index in [1.54, 1.807) is 11.8 Å². The predicted octanol–water partition coefficient (Wildman–Crippen LogP) is 5.69. The van der Waals surface area contributed by atoms with Crippen molar-refractivity contribution in [1.82, 2.24) is 9.97 Å². The van der Waals surface area contributed by atoms with E-state index in [9.17, 15) is 0 Å². The molecule has 0 saturated heterocycles. The van der Waals surface area contributed by atoms with Gasteiger partial charge < -0.3 is 0 Å². The van der Waals surface area contributed by atoms with Crippen LogP contribution >= 0.6 is 35.0 Å². The molecular weight excluding hydrogens is 311 g/mol. The molecule has 2 nitrogen and oxygen atoms in total. The Balaban J connectivity index is 2.38. The Hall–Kier alpha value is -0.770. The SMILES string of the molecule is CCSc1ccc(-c2nc(Cl)c(C(C)C)c(Cl)n2)cc1. The Labute approximate surface area is 133 Å². The molecule has 2 aromatic rings. The zero-order valence-corrected chi connectivity index (χ0v) is 14.0. The maximum atomic E-state index is 6.22. The number of aromatic nitrogens is 2. The summed E-state index contributed by atoms with van der Waals surface area (Å²) >= 11 is 14.2.